The smallest absolute Gasteiger partial charge is 0.407 e. The average Bonchev–Trinajstić information content (AvgIpc) is 3.60. The van der Waals surface area contributed by atoms with Gasteiger partial charge in [0.1, 0.15) is 0 Å². The van der Waals surface area contributed by atoms with E-state index in [-0.39, 0.29) is 13.1 Å². The maximum absolute atomic E-state index is 11.9. The Morgan fingerprint density at radius 1 is 0.719 bits per heavy atom. The number of allylic oxidation sites excluding steroid dienone is 4. The summed E-state index contributed by atoms with van der Waals surface area (Å²) in [4.78, 5) is 23.9. The molecule has 32 heavy (non-hydrogen) atoms. The highest BCUT2D eigenvalue weighted by Crippen LogP contribution is 2.53. The molecule has 0 radical (unpaired) electrons. The van der Waals surface area contributed by atoms with Crippen molar-refractivity contribution in [1.29, 1.82) is 0 Å². The molecule has 0 aromatic heterocycles. The first-order valence-electron chi connectivity index (χ1n) is 12.4. The first-order chi connectivity index (χ1) is 15.6. The normalized spacial score (nSPS) is 33.8. The number of aliphatic hydroxyl groups excluding tert-OH is 1. The fraction of sp³-hybridized carbons (Fsp3) is 0.760. The first-order valence-corrected chi connectivity index (χ1v) is 12.4. The molecule has 0 spiro atoms. The Hall–Kier alpha value is -2.02. The molecule has 2 fully saturated rings. The summed E-state index contributed by atoms with van der Waals surface area (Å²) in [6, 6.07) is 0. The largest absolute Gasteiger partial charge is 0.449 e. The lowest BCUT2D eigenvalue weighted by atomic mass is 10.1. The van der Waals surface area contributed by atoms with Gasteiger partial charge in [0.25, 0.3) is 0 Å². The number of carbonyl (C=O) groups excluding carboxylic acids is 2. The van der Waals surface area contributed by atoms with Gasteiger partial charge in [-0.3, -0.25) is 0 Å². The van der Waals surface area contributed by atoms with Crippen molar-refractivity contribution in [2.45, 2.75) is 57.5 Å². The van der Waals surface area contributed by atoms with Gasteiger partial charge in [0, 0.05) is 13.1 Å². The second-order valence-corrected chi connectivity index (χ2v) is 9.85. The molecule has 4 aliphatic carbocycles. The summed E-state index contributed by atoms with van der Waals surface area (Å²) in [7, 11) is 0. The number of amides is 2. The molecule has 0 heterocycles. The Balaban J connectivity index is 1.03. The number of aliphatic hydroxyl groups is 1. The molecular weight excluding hydrogens is 408 g/mol. The number of hydrogen-bond acceptors (Lipinski definition) is 5. The average molecular weight is 447 g/mol. The van der Waals surface area contributed by atoms with E-state index < -0.39 is 18.3 Å². The quantitative estimate of drug-likeness (QED) is 0.493. The van der Waals surface area contributed by atoms with Crippen molar-refractivity contribution in [3.8, 4) is 0 Å². The topological polar surface area (TPSA) is 96.9 Å². The molecule has 4 unspecified atom stereocenters. The van der Waals surface area contributed by atoms with Gasteiger partial charge in [-0.2, -0.15) is 0 Å². The predicted molar refractivity (Wildman–Crippen MR) is 121 cm³/mol. The summed E-state index contributed by atoms with van der Waals surface area (Å²) in [5.41, 5.74) is 0. The molecule has 4 atom stereocenters. The fourth-order valence-electron chi connectivity index (χ4n) is 5.80. The van der Waals surface area contributed by atoms with Gasteiger partial charge < -0.3 is 25.2 Å². The zero-order chi connectivity index (χ0) is 22.3. The van der Waals surface area contributed by atoms with E-state index in [1.807, 2.05) is 0 Å². The van der Waals surface area contributed by atoms with Gasteiger partial charge in [0.05, 0.1) is 19.3 Å². The third-order valence-corrected chi connectivity index (χ3v) is 7.80. The molecule has 0 saturated heterocycles. The summed E-state index contributed by atoms with van der Waals surface area (Å²) in [5, 5.41) is 15.2. The van der Waals surface area contributed by atoms with E-state index in [1.54, 1.807) is 0 Å². The lowest BCUT2D eigenvalue weighted by Gasteiger charge is -2.13. The Labute approximate surface area is 191 Å². The molecule has 0 bridgehead atoms. The van der Waals surface area contributed by atoms with Gasteiger partial charge in [0.2, 0.25) is 0 Å². The number of rotatable bonds is 8. The molecule has 0 aromatic carbocycles. The lowest BCUT2D eigenvalue weighted by molar-refractivity contribution is 0.116. The second-order valence-electron chi connectivity index (χ2n) is 9.85. The molecule has 178 valence electrons. The van der Waals surface area contributed by atoms with Crippen LogP contribution in [0.15, 0.2) is 24.3 Å². The van der Waals surface area contributed by atoms with Crippen LogP contribution in [0.3, 0.4) is 0 Å². The highest BCUT2D eigenvalue weighted by atomic mass is 16.6. The van der Waals surface area contributed by atoms with Crippen molar-refractivity contribution >= 4 is 12.2 Å². The summed E-state index contributed by atoms with van der Waals surface area (Å²) < 4.78 is 10.7. The van der Waals surface area contributed by atoms with E-state index in [4.69, 9.17) is 9.47 Å². The van der Waals surface area contributed by atoms with Crippen molar-refractivity contribution in [2.24, 2.45) is 35.5 Å². The lowest BCUT2D eigenvalue weighted by Crippen LogP contribution is -2.40. The van der Waals surface area contributed by atoms with E-state index >= 15 is 0 Å². The van der Waals surface area contributed by atoms with Crippen LogP contribution in [0.25, 0.3) is 0 Å². The van der Waals surface area contributed by atoms with Gasteiger partial charge in [-0.25, -0.2) is 9.59 Å². The minimum absolute atomic E-state index is 0.0281. The van der Waals surface area contributed by atoms with Crippen LogP contribution in [0.1, 0.15) is 51.4 Å². The SMILES string of the molecule is O=C(NCC(O)CNC(=O)OCC1C2CCC=CCCC21)OCC1C2CCC=CCCC21. The molecule has 0 aliphatic heterocycles. The molecule has 4 rings (SSSR count). The summed E-state index contributed by atoms with van der Waals surface area (Å²) >= 11 is 0. The van der Waals surface area contributed by atoms with E-state index in [0.717, 1.165) is 25.7 Å². The van der Waals surface area contributed by atoms with Gasteiger partial charge in [0.15, 0.2) is 0 Å². The van der Waals surface area contributed by atoms with Crippen LogP contribution in [-0.2, 0) is 9.47 Å². The number of fused-ring (bicyclic) bond motifs is 2. The maximum Gasteiger partial charge on any atom is 0.407 e. The van der Waals surface area contributed by atoms with Gasteiger partial charge in [-0.1, -0.05) is 24.3 Å². The van der Waals surface area contributed by atoms with Crippen molar-refractivity contribution in [1.82, 2.24) is 10.6 Å². The van der Waals surface area contributed by atoms with Crippen molar-refractivity contribution in [3.63, 3.8) is 0 Å². The molecule has 3 N–H and O–H groups in total. The number of nitrogens with one attached hydrogen (secondary N) is 2. The summed E-state index contributed by atoms with van der Waals surface area (Å²) in [5.74, 6) is 3.67. The molecular formula is C25H38N2O5. The minimum Gasteiger partial charge on any atom is -0.449 e. The Bertz CT molecular complexity index is 618. The van der Waals surface area contributed by atoms with Crippen molar-refractivity contribution < 1.29 is 24.2 Å². The molecule has 4 aliphatic rings. The van der Waals surface area contributed by atoms with Crippen molar-refractivity contribution in [3.05, 3.63) is 24.3 Å². The van der Waals surface area contributed by atoms with Crippen LogP contribution >= 0.6 is 0 Å². The molecule has 0 aromatic rings. The predicted octanol–water partition coefficient (Wildman–Crippen LogP) is 3.78. The van der Waals surface area contributed by atoms with Crippen LogP contribution < -0.4 is 10.6 Å². The number of carbonyl (C=O) groups is 2. The van der Waals surface area contributed by atoms with Crippen LogP contribution in [0.5, 0.6) is 0 Å². The van der Waals surface area contributed by atoms with E-state index in [2.05, 4.69) is 34.9 Å². The van der Waals surface area contributed by atoms with Gasteiger partial charge >= 0.3 is 12.2 Å². The Kier molecular flexibility index (Phi) is 8.11. The van der Waals surface area contributed by atoms with Crippen molar-refractivity contribution in [2.75, 3.05) is 26.3 Å². The Morgan fingerprint density at radius 3 is 1.41 bits per heavy atom. The summed E-state index contributed by atoms with van der Waals surface area (Å²) in [6.07, 6.45) is 16.3. The number of hydrogen-bond donors (Lipinski definition) is 3. The van der Waals surface area contributed by atoms with Crippen LogP contribution in [-0.4, -0.2) is 49.7 Å². The monoisotopic (exact) mass is 446 g/mol. The standard InChI is InChI=1S/C25H38N2O5/c28-17(13-26-24(29)31-15-22-18-9-5-1-2-6-10-19(18)22)14-27-25(30)32-16-23-20-11-7-3-4-8-12-21(20)23/h1-4,17-23,28H,5-16H2,(H,26,29)(H,27,30). The van der Waals surface area contributed by atoms with Crippen LogP contribution in [0, 0.1) is 35.5 Å². The van der Waals surface area contributed by atoms with Crippen LogP contribution in [0.2, 0.25) is 0 Å². The molecule has 2 saturated carbocycles. The van der Waals surface area contributed by atoms with E-state index in [9.17, 15) is 14.7 Å². The third-order valence-electron chi connectivity index (χ3n) is 7.80. The first kappa shape index (κ1) is 23.1. The highest BCUT2D eigenvalue weighted by molar-refractivity contribution is 5.68. The molecule has 2 amide bonds. The van der Waals surface area contributed by atoms with Gasteiger partial charge in [-0.05, 0) is 86.9 Å². The molecule has 7 heteroatoms. The molecule has 7 nitrogen and oxygen atoms in total. The summed E-state index contributed by atoms with van der Waals surface area (Å²) in [6.45, 7) is 0.947. The van der Waals surface area contributed by atoms with E-state index in [1.165, 1.54) is 25.7 Å². The zero-order valence-corrected chi connectivity index (χ0v) is 18.9. The fourth-order valence-corrected chi connectivity index (χ4v) is 5.80. The van der Waals surface area contributed by atoms with Crippen LogP contribution in [0.4, 0.5) is 9.59 Å². The second kappa shape index (κ2) is 11.2. The minimum atomic E-state index is -0.890. The zero-order valence-electron chi connectivity index (χ0n) is 18.9. The number of alkyl carbamates (subject to hydrolysis) is 2. The van der Waals surface area contributed by atoms with E-state index in [0.29, 0.717) is 48.7 Å². The van der Waals surface area contributed by atoms with Gasteiger partial charge in [-0.15, -0.1) is 0 Å². The highest BCUT2D eigenvalue weighted by Gasteiger charge is 2.50. The maximum atomic E-state index is 11.9. The Morgan fingerprint density at radius 2 is 1.06 bits per heavy atom. The number of ether oxygens (including phenoxy) is 2. The third kappa shape index (κ3) is 6.50.